The maximum Gasteiger partial charge on any atom is 0.311 e. The Morgan fingerprint density at radius 2 is 2.11 bits per heavy atom. The highest BCUT2D eigenvalue weighted by Gasteiger charge is 2.32. The molecule has 1 aromatic carbocycles. The van der Waals surface area contributed by atoms with Crippen LogP contribution in [0.5, 0.6) is 0 Å². The molecular formula is C14H14O5. The quantitative estimate of drug-likeness (QED) is 0.836. The number of allylic oxidation sites excluding steroid dienone is 1. The van der Waals surface area contributed by atoms with Crippen LogP contribution in [0.4, 0.5) is 0 Å². The van der Waals surface area contributed by atoms with E-state index < -0.39 is 23.6 Å². The van der Waals surface area contributed by atoms with Gasteiger partial charge in [0.1, 0.15) is 12.4 Å². The first kappa shape index (κ1) is 13.1. The molecule has 1 aliphatic heterocycles. The number of hydrogen-bond acceptors (Lipinski definition) is 5. The fourth-order valence-corrected chi connectivity index (χ4v) is 1.72. The predicted molar refractivity (Wildman–Crippen MR) is 66.3 cm³/mol. The summed E-state index contributed by atoms with van der Waals surface area (Å²) in [7, 11) is 0. The fourth-order valence-electron chi connectivity index (χ4n) is 1.72. The number of esters is 1. The molecule has 1 heterocycles. The van der Waals surface area contributed by atoms with E-state index in [-0.39, 0.29) is 18.8 Å². The van der Waals surface area contributed by atoms with Gasteiger partial charge in [-0.25, -0.2) is 0 Å². The molecule has 0 saturated carbocycles. The lowest BCUT2D eigenvalue weighted by molar-refractivity contribution is -0.158. The first-order valence-corrected chi connectivity index (χ1v) is 5.88. The molecule has 5 nitrogen and oxygen atoms in total. The topological polar surface area (TPSA) is 72.8 Å². The summed E-state index contributed by atoms with van der Waals surface area (Å²) in [5.41, 5.74) is 0.799. The largest absolute Gasteiger partial charge is 0.502 e. The van der Waals surface area contributed by atoms with Crippen LogP contribution in [0.1, 0.15) is 12.5 Å². The molecular weight excluding hydrogens is 248 g/mol. The Balaban J connectivity index is 1.95. The minimum Gasteiger partial charge on any atom is -0.502 e. The van der Waals surface area contributed by atoms with Crippen LogP contribution < -0.4 is 0 Å². The van der Waals surface area contributed by atoms with Crippen LogP contribution in [0.3, 0.4) is 0 Å². The Labute approximate surface area is 110 Å². The minimum absolute atomic E-state index is 0.0603. The van der Waals surface area contributed by atoms with E-state index in [1.54, 1.807) is 12.1 Å². The Morgan fingerprint density at radius 1 is 1.42 bits per heavy atom. The second-order valence-electron chi connectivity index (χ2n) is 4.22. The van der Waals surface area contributed by atoms with E-state index in [4.69, 9.17) is 9.47 Å². The smallest absolute Gasteiger partial charge is 0.311 e. The third-order valence-corrected chi connectivity index (χ3v) is 2.78. The number of aliphatic hydroxyl groups excluding tert-OH is 1. The van der Waals surface area contributed by atoms with Crippen molar-refractivity contribution in [3.05, 3.63) is 47.4 Å². The van der Waals surface area contributed by atoms with Crippen molar-refractivity contribution in [3.8, 4) is 0 Å². The van der Waals surface area contributed by atoms with Crippen LogP contribution >= 0.6 is 0 Å². The summed E-state index contributed by atoms with van der Waals surface area (Å²) in [4.78, 5) is 23.3. The van der Waals surface area contributed by atoms with Crippen LogP contribution in [-0.4, -0.2) is 29.6 Å². The van der Waals surface area contributed by atoms with Gasteiger partial charge in [0.25, 0.3) is 0 Å². The molecule has 1 N–H and O–H groups in total. The fraction of sp³-hybridized carbons (Fsp3) is 0.286. The van der Waals surface area contributed by atoms with Gasteiger partial charge in [0.2, 0.25) is 17.6 Å². The third-order valence-electron chi connectivity index (χ3n) is 2.78. The molecule has 1 aliphatic rings. The highest BCUT2D eigenvalue weighted by molar-refractivity contribution is 5.98. The minimum atomic E-state index is -1.07. The van der Waals surface area contributed by atoms with Gasteiger partial charge in [0, 0.05) is 0 Å². The van der Waals surface area contributed by atoms with Crippen LogP contribution in [0, 0.1) is 0 Å². The van der Waals surface area contributed by atoms with Gasteiger partial charge in [-0.15, -0.1) is 0 Å². The number of rotatable bonds is 3. The molecule has 100 valence electrons. The van der Waals surface area contributed by atoms with Gasteiger partial charge in [0.05, 0.1) is 6.42 Å². The van der Waals surface area contributed by atoms with Crippen molar-refractivity contribution in [3.63, 3.8) is 0 Å². The van der Waals surface area contributed by atoms with Gasteiger partial charge in [-0.05, 0) is 12.5 Å². The molecule has 19 heavy (non-hydrogen) atoms. The number of hydrogen-bond donors (Lipinski definition) is 1. The molecule has 0 radical (unpaired) electrons. The van der Waals surface area contributed by atoms with Crippen molar-refractivity contribution < 1.29 is 24.2 Å². The van der Waals surface area contributed by atoms with E-state index in [0.29, 0.717) is 0 Å². The molecule has 0 saturated heterocycles. The van der Waals surface area contributed by atoms with Crippen molar-refractivity contribution in [1.29, 1.82) is 0 Å². The van der Waals surface area contributed by atoms with Gasteiger partial charge in [0.15, 0.2) is 0 Å². The summed E-state index contributed by atoms with van der Waals surface area (Å²) in [6.07, 6.45) is -0.992. The number of ketones is 1. The van der Waals surface area contributed by atoms with E-state index in [2.05, 4.69) is 0 Å². The van der Waals surface area contributed by atoms with Crippen molar-refractivity contribution in [1.82, 2.24) is 0 Å². The zero-order valence-electron chi connectivity index (χ0n) is 10.5. The van der Waals surface area contributed by atoms with E-state index in [9.17, 15) is 14.7 Å². The van der Waals surface area contributed by atoms with Crippen LogP contribution in [0.2, 0.25) is 0 Å². The standard InChI is InChI=1S/C14H14O5/c1-9-13(16)14(17)11(8-18-9)19-12(15)7-10-5-3-2-4-6-10/h2-6,11,16H,7-8H2,1H3. The number of Topliss-reactive ketones (excluding diaryl/α,β-unsaturated/α-hetero) is 1. The summed E-state index contributed by atoms with van der Waals surface area (Å²) in [6.45, 7) is 1.42. The Hall–Kier alpha value is -2.30. The maximum atomic E-state index is 11.7. The molecule has 0 aliphatic carbocycles. The third kappa shape index (κ3) is 3.13. The lowest BCUT2D eigenvalue weighted by Crippen LogP contribution is -2.37. The SMILES string of the molecule is CC1=C(O)C(=O)C(OC(=O)Cc2ccccc2)CO1. The monoisotopic (exact) mass is 262 g/mol. The van der Waals surface area contributed by atoms with Crippen molar-refractivity contribution in [2.75, 3.05) is 6.61 Å². The Bertz CT molecular complexity index is 518. The Kier molecular flexibility index (Phi) is 3.85. The van der Waals surface area contributed by atoms with E-state index in [1.165, 1.54) is 6.92 Å². The number of carbonyl (C=O) groups is 2. The Morgan fingerprint density at radius 3 is 2.79 bits per heavy atom. The van der Waals surface area contributed by atoms with Gasteiger partial charge in [-0.1, -0.05) is 30.3 Å². The molecule has 0 amide bonds. The van der Waals surface area contributed by atoms with Gasteiger partial charge < -0.3 is 14.6 Å². The second-order valence-corrected chi connectivity index (χ2v) is 4.22. The van der Waals surface area contributed by atoms with Gasteiger partial charge in [-0.3, -0.25) is 9.59 Å². The summed E-state index contributed by atoms with van der Waals surface area (Å²) < 4.78 is 10.1. The van der Waals surface area contributed by atoms with Crippen LogP contribution in [-0.2, 0) is 25.5 Å². The van der Waals surface area contributed by atoms with Crippen molar-refractivity contribution in [2.24, 2.45) is 0 Å². The maximum absolute atomic E-state index is 11.7. The van der Waals surface area contributed by atoms with E-state index in [0.717, 1.165) is 5.56 Å². The lowest BCUT2D eigenvalue weighted by atomic mass is 10.1. The zero-order chi connectivity index (χ0) is 13.8. The molecule has 0 spiro atoms. The van der Waals surface area contributed by atoms with Gasteiger partial charge >= 0.3 is 5.97 Å². The summed E-state index contributed by atoms with van der Waals surface area (Å²) in [5, 5.41) is 9.43. The van der Waals surface area contributed by atoms with Gasteiger partial charge in [-0.2, -0.15) is 0 Å². The van der Waals surface area contributed by atoms with Crippen molar-refractivity contribution >= 4 is 11.8 Å². The van der Waals surface area contributed by atoms with Crippen LogP contribution in [0.25, 0.3) is 0 Å². The second kappa shape index (κ2) is 5.56. The summed E-state index contributed by atoms with van der Waals surface area (Å²) in [5.74, 6) is -1.48. The van der Waals surface area contributed by atoms with Crippen molar-refractivity contribution in [2.45, 2.75) is 19.4 Å². The summed E-state index contributed by atoms with van der Waals surface area (Å²) in [6, 6.07) is 9.06. The van der Waals surface area contributed by atoms with E-state index >= 15 is 0 Å². The number of carbonyl (C=O) groups excluding carboxylic acids is 2. The molecule has 2 rings (SSSR count). The number of benzene rings is 1. The summed E-state index contributed by atoms with van der Waals surface area (Å²) >= 11 is 0. The lowest BCUT2D eigenvalue weighted by Gasteiger charge is -2.22. The predicted octanol–water partition coefficient (Wildman–Crippen LogP) is 1.53. The highest BCUT2D eigenvalue weighted by Crippen LogP contribution is 2.16. The molecule has 0 fully saturated rings. The zero-order valence-corrected chi connectivity index (χ0v) is 10.5. The molecule has 0 bridgehead atoms. The molecule has 5 heteroatoms. The number of aliphatic hydroxyl groups is 1. The molecule has 1 atom stereocenters. The van der Waals surface area contributed by atoms with Crippen LogP contribution in [0.15, 0.2) is 41.9 Å². The first-order valence-electron chi connectivity index (χ1n) is 5.88. The molecule has 1 aromatic rings. The first-order chi connectivity index (χ1) is 9.08. The average Bonchev–Trinajstić information content (AvgIpc) is 2.41. The molecule has 1 unspecified atom stereocenters. The normalized spacial score (nSPS) is 19.0. The average molecular weight is 262 g/mol. The molecule has 0 aromatic heterocycles. The highest BCUT2D eigenvalue weighted by atomic mass is 16.6. The number of ether oxygens (including phenoxy) is 2. The van der Waals surface area contributed by atoms with E-state index in [1.807, 2.05) is 18.2 Å².